The maximum atomic E-state index is 13.5. The first kappa shape index (κ1) is 21.5. The van der Waals surface area contributed by atoms with E-state index < -0.39 is 0 Å². The maximum absolute atomic E-state index is 13.5. The summed E-state index contributed by atoms with van der Waals surface area (Å²) in [7, 11) is 0. The van der Waals surface area contributed by atoms with Crippen LogP contribution in [0.1, 0.15) is 56.2 Å². The molecule has 4 rings (SSSR count). The second-order valence-electron chi connectivity index (χ2n) is 9.11. The number of guanidine groups is 1. The number of likely N-dealkylation sites (tertiary alicyclic amines) is 1. The number of nitrogens with zero attached hydrogens (tertiary/aromatic N) is 3. The number of benzene rings is 2. The molecular weight excluding hydrogens is 387 g/mol. The van der Waals surface area contributed by atoms with E-state index in [4.69, 9.17) is 9.98 Å². The van der Waals surface area contributed by atoms with Crippen molar-refractivity contribution in [3.63, 3.8) is 0 Å². The number of halogens is 1. The lowest BCUT2D eigenvalue weighted by atomic mass is 10.0. The predicted octanol–water partition coefficient (Wildman–Crippen LogP) is 5.94. The minimum Gasteiger partial charge on any atom is -0.340 e. The first-order valence-electron chi connectivity index (χ1n) is 11.4. The molecule has 3 unspecified atom stereocenters. The van der Waals surface area contributed by atoms with E-state index in [0.29, 0.717) is 18.0 Å². The van der Waals surface area contributed by atoms with E-state index in [1.165, 1.54) is 31.4 Å². The third-order valence-electron chi connectivity index (χ3n) is 6.44. The van der Waals surface area contributed by atoms with Crippen LogP contribution in [0.5, 0.6) is 0 Å². The van der Waals surface area contributed by atoms with E-state index in [1.54, 1.807) is 12.1 Å². The van der Waals surface area contributed by atoms with Gasteiger partial charge in [-0.25, -0.2) is 9.38 Å². The molecule has 1 N–H and O–H groups in total. The van der Waals surface area contributed by atoms with Crippen LogP contribution >= 0.6 is 0 Å². The number of rotatable bonds is 3. The van der Waals surface area contributed by atoms with E-state index >= 15 is 0 Å². The van der Waals surface area contributed by atoms with Gasteiger partial charge < -0.3 is 10.2 Å². The maximum Gasteiger partial charge on any atom is 0.223 e. The molecule has 1 aliphatic heterocycles. The first-order chi connectivity index (χ1) is 14.9. The Balaban J connectivity index is 1.79. The molecule has 1 saturated carbocycles. The highest BCUT2D eigenvalue weighted by Gasteiger charge is 2.34. The van der Waals surface area contributed by atoms with Gasteiger partial charge in [-0.05, 0) is 87.8 Å². The highest BCUT2D eigenvalue weighted by Crippen LogP contribution is 2.34. The van der Waals surface area contributed by atoms with Crippen LogP contribution < -0.4 is 5.32 Å². The molecule has 2 aliphatic rings. The summed E-state index contributed by atoms with van der Waals surface area (Å²) in [6.45, 7) is 9.72. The topological polar surface area (TPSA) is 40.0 Å². The normalized spacial score (nSPS) is 24.3. The van der Waals surface area contributed by atoms with Gasteiger partial charge in [-0.1, -0.05) is 25.1 Å². The molecule has 5 heteroatoms. The van der Waals surface area contributed by atoms with Gasteiger partial charge in [-0.2, -0.15) is 4.99 Å². The Labute approximate surface area is 185 Å². The number of amidine groups is 1. The van der Waals surface area contributed by atoms with E-state index in [-0.39, 0.29) is 5.82 Å². The molecule has 2 aromatic carbocycles. The SMILES string of the molecule is Cc1cccc(C)c1/C(=N\C(=N\C1CC1C)N1CCCCC1C)Nc1ccc(F)cc1. The van der Waals surface area contributed by atoms with Crippen molar-refractivity contribution in [3.05, 3.63) is 65.0 Å². The molecule has 0 spiro atoms. The second kappa shape index (κ2) is 9.21. The monoisotopic (exact) mass is 420 g/mol. The summed E-state index contributed by atoms with van der Waals surface area (Å²) in [5.41, 5.74) is 4.19. The molecule has 3 atom stereocenters. The molecule has 1 heterocycles. The smallest absolute Gasteiger partial charge is 0.223 e. The van der Waals surface area contributed by atoms with Gasteiger partial charge >= 0.3 is 0 Å². The Morgan fingerprint density at radius 2 is 1.71 bits per heavy atom. The number of hydrogen-bond acceptors (Lipinski definition) is 1. The fourth-order valence-electron chi connectivity index (χ4n) is 4.30. The largest absolute Gasteiger partial charge is 0.340 e. The minimum absolute atomic E-state index is 0.247. The number of piperidine rings is 1. The molecule has 0 bridgehead atoms. The van der Waals surface area contributed by atoms with Crippen LogP contribution in [0.3, 0.4) is 0 Å². The minimum atomic E-state index is -0.247. The van der Waals surface area contributed by atoms with Crippen molar-refractivity contribution in [1.29, 1.82) is 0 Å². The van der Waals surface area contributed by atoms with Crippen LogP contribution in [0.15, 0.2) is 52.4 Å². The molecule has 0 amide bonds. The van der Waals surface area contributed by atoms with Gasteiger partial charge in [0.25, 0.3) is 0 Å². The molecule has 1 saturated heterocycles. The van der Waals surface area contributed by atoms with E-state index in [0.717, 1.165) is 47.1 Å². The molecule has 0 radical (unpaired) electrons. The highest BCUT2D eigenvalue weighted by atomic mass is 19.1. The first-order valence-corrected chi connectivity index (χ1v) is 11.4. The summed E-state index contributed by atoms with van der Waals surface area (Å²) in [6.07, 6.45) is 4.72. The molecule has 2 aromatic rings. The number of aryl methyl sites for hydroxylation is 2. The summed E-state index contributed by atoms with van der Waals surface area (Å²) >= 11 is 0. The number of hydrogen-bond donors (Lipinski definition) is 1. The van der Waals surface area contributed by atoms with E-state index in [9.17, 15) is 4.39 Å². The predicted molar refractivity (Wildman–Crippen MR) is 127 cm³/mol. The molecular formula is C26H33FN4. The van der Waals surface area contributed by atoms with Crippen molar-refractivity contribution in [1.82, 2.24) is 4.90 Å². The van der Waals surface area contributed by atoms with Crippen molar-refractivity contribution < 1.29 is 4.39 Å². The lowest BCUT2D eigenvalue weighted by Gasteiger charge is -2.34. The lowest BCUT2D eigenvalue weighted by molar-refractivity contribution is 0.255. The summed E-state index contributed by atoms with van der Waals surface area (Å²) in [6, 6.07) is 13.5. The summed E-state index contributed by atoms with van der Waals surface area (Å²) in [5, 5.41) is 3.47. The zero-order valence-corrected chi connectivity index (χ0v) is 19.0. The summed E-state index contributed by atoms with van der Waals surface area (Å²) in [4.78, 5) is 12.6. The zero-order chi connectivity index (χ0) is 22.0. The van der Waals surface area contributed by atoms with Crippen LogP contribution in [0, 0.1) is 25.6 Å². The zero-order valence-electron chi connectivity index (χ0n) is 19.0. The average molecular weight is 421 g/mol. The van der Waals surface area contributed by atoms with E-state index in [2.05, 4.69) is 56.1 Å². The molecule has 4 nitrogen and oxygen atoms in total. The molecule has 164 valence electrons. The Hall–Kier alpha value is -2.69. The van der Waals surface area contributed by atoms with Crippen molar-refractivity contribution >= 4 is 17.5 Å². The van der Waals surface area contributed by atoms with Gasteiger partial charge in [0.1, 0.15) is 11.7 Å². The molecule has 31 heavy (non-hydrogen) atoms. The standard InChI is InChI=1S/C26H33FN4/c1-17-8-7-9-18(2)24(17)25(28-22-13-11-21(27)12-14-22)30-26(29-23-16-19(23)3)31-15-6-5-10-20(31)4/h7-9,11-14,19-20,23H,5-6,10,15-16H2,1-4H3,(H,28,29,30). The average Bonchev–Trinajstić information content (AvgIpc) is 3.43. The Bertz CT molecular complexity index is 959. The Morgan fingerprint density at radius 1 is 1.03 bits per heavy atom. The van der Waals surface area contributed by atoms with Crippen LogP contribution in [0.4, 0.5) is 10.1 Å². The fraction of sp³-hybridized carbons (Fsp3) is 0.462. The molecule has 1 aliphatic carbocycles. The lowest BCUT2D eigenvalue weighted by Crippen LogP contribution is -2.42. The quantitative estimate of drug-likeness (QED) is 0.493. The van der Waals surface area contributed by atoms with Crippen molar-refractivity contribution in [2.75, 3.05) is 11.9 Å². The summed E-state index contributed by atoms with van der Waals surface area (Å²) in [5.74, 6) is 1.98. The van der Waals surface area contributed by atoms with Crippen LogP contribution in [0.2, 0.25) is 0 Å². The van der Waals surface area contributed by atoms with Gasteiger partial charge in [0.2, 0.25) is 5.96 Å². The van der Waals surface area contributed by atoms with Gasteiger partial charge in [0, 0.05) is 23.8 Å². The van der Waals surface area contributed by atoms with Gasteiger partial charge in [0.05, 0.1) is 6.04 Å². The van der Waals surface area contributed by atoms with Crippen LogP contribution in [-0.2, 0) is 0 Å². The van der Waals surface area contributed by atoms with Crippen LogP contribution in [0.25, 0.3) is 0 Å². The molecule has 2 fully saturated rings. The Kier molecular flexibility index (Phi) is 6.40. The van der Waals surface area contributed by atoms with Crippen molar-refractivity contribution in [2.24, 2.45) is 15.9 Å². The number of nitrogens with one attached hydrogen (secondary N) is 1. The van der Waals surface area contributed by atoms with Gasteiger partial charge in [-0.3, -0.25) is 0 Å². The van der Waals surface area contributed by atoms with Crippen molar-refractivity contribution in [3.8, 4) is 0 Å². The van der Waals surface area contributed by atoms with Crippen molar-refractivity contribution in [2.45, 2.75) is 65.5 Å². The number of aliphatic imine (C=N–C) groups is 2. The van der Waals surface area contributed by atoms with Gasteiger partial charge in [0.15, 0.2) is 0 Å². The van der Waals surface area contributed by atoms with E-state index in [1.807, 2.05) is 0 Å². The third kappa shape index (κ3) is 5.15. The summed E-state index contributed by atoms with van der Waals surface area (Å²) < 4.78 is 13.5. The number of anilines is 1. The third-order valence-corrected chi connectivity index (χ3v) is 6.44. The van der Waals surface area contributed by atoms with Gasteiger partial charge in [-0.15, -0.1) is 0 Å². The second-order valence-corrected chi connectivity index (χ2v) is 9.11. The van der Waals surface area contributed by atoms with Crippen LogP contribution in [-0.4, -0.2) is 35.3 Å². The fourth-order valence-corrected chi connectivity index (χ4v) is 4.30. The Morgan fingerprint density at radius 3 is 2.32 bits per heavy atom. The molecule has 0 aromatic heterocycles. The highest BCUT2D eigenvalue weighted by molar-refractivity contribution is 6.14.